The average molecular weight is 421 g/mol. The third-order valence-corrected chi connectivity index (χ3v) is 8.86. The zero-order valence-corrected chi connectivity index (χ0v) is 18.4. The van der Waals surface area contributed by atoms with Gasteiger partial charge in [-0.3, -0.25) is 4.79 Å². The minimum Gasteiger partial charge on any atom is -0.493 e. The Morgan fingerprint density at radius 3 is 2.61 bits per heavy atom. The van der Waals surface area contributed by atoms with Gasteiger partial charge in [-0.2, -0.15) is 5.10 Å². The summed E-state index contributed by atoms with van der Waals surface area (Å²) in [5.41, 5.74) is 1.34. The van der Waals surface area contributed by atoms with Crippen LogP contribution in [0.15, 0.2) is 35.5 Å². The van der Waals surface area contributed by atoms with Crippen molar-refractivity contribution in [2.24, 2.45) is 40.6 Å². The Bertz CT molecular complexity index is 941. The molecule has 6 unspecified atom stereocenters. The fourth-order valence-corrected chi connectivity index (χ4v) is 7.73. The molecule has 1 amide bonds. The molecule has 8 atom stereocenters. The second-order valence-corrected chi connectivity index (χ2v) is 10.3. The van der Waals surface area contributed by atoms with E-state index in [0.29, 0.717) is 23.7 Å². The molecular formula is C26H32N2O3. The second-order valence-electron chi connectivity index (χ2n) is 10.3. The van der Waals surface area contributed by atoms with Gasteiger partial charge in [-0.05, 0) is 85.8 Å². The van der Waals surface area contributed by atoms with Gasteiger partial charge < -0.3 is 9.47 Å². The van der Waals surface area contributed by atoms with Gasteiger partial charge in [-0.1, -0.05) is 18.2 Å². The number of allylic oxidation sites excluding steroid dienone is 2. The van der Waals surface area contributed by atoms with E-state index < -0.39 is 0 Å². The van der Waals surface area contributed by atoms with Crippen LogP contribution in [-0.2, 0) is 4.79 Å². The van der Waals surface area contributed by atoms with Gasteiger partial charge in [-0.25, -0.2) is 5.01 Å². The lowest BCUT2D eigenvalue weighted by Crippen LogP contribution is -2.60. The van der Waals surface area contributed by atoms with Crippen molar-refractivity contribution in [3.8, 4) is 11.5 Å². The lowest BCUT2D eigenvalue weighted by Gasteiger charge is -2.60. The summed E-state index contributed by atoms with van der Waals surface area (Å²) in [6.45, 7) is 0. The first-order valence-corrected chi connectivity index (χ1v) is 11.9. The minimum absolute atomic E-state index is 0.0826. The molecule has 5 heteroatoms. The van der Waals surface area contributed by atoms with Gasteiger partial charge in [0, 0.05) is 12.1 Å². The lowest BCUT2D eigenvalue weighted by atomic mass is 9.48. The maximum absolute atomic E-state index is 13.6. The monoisotopic (exact) mass is 420 g/mol. The Hall–Kier alpha value is -2.30. The number of hydrazone groups is 1. The number of methoxy groups -OCH3 is 2. The zero-order valence-electron chi connectivity index (χ0n) is 18.4. The Morgan fingerprint density at radius 1 is 0.968 bits per heavy atom. The van der Waals surface area contributed by atoms with Crippen LogP contribution in [0.2, 0.25) is 0 Å². The van der Waals surface area contributed by atoms with Crippen LogP contribution in [0, 0.1) is 35.5 Å². The number of amides is 1. The summed E-state index contributed by atoms with van der Waals surface area (Å²) >= 11 is 0. The number of carbonyl (C=O) groups is 1. The first kappa shape index (κ1) is 19.4. The zero-order chi connectivity index (χ0) is 21.1. The smallest absolute Gasteiger partial charge is 0.247 e. The quantitative estimate of drug-likeness (QED) is 0.667. The summed E-state index contributed by atoms with van der Waals surface area (Å²) in [4.78, 5) is 13.6. The summed E-state index contributed by atoms with van der Waals surface area (Å²) in [6.07, 6.45) is 13.3. The highest BCUT2D eigenvalue weighted by Gasteiger charge is 2.57. The van der Waals surface area contributed by atoms with Crippen LogP contribution < -0.4 is 9.47 Å². The normalized spacial score (nSPS) is 40.2. The molecule has 1 aromatic rings. The number of benzene rings is 1. The summed E-state index contributed by atoms with van der Waals surface area (Å²) in [7, 11) is 3.39. The molecule has 0 radical (unpaired) electrons. The van der Waals surface area contributed by atoms with Crippen molar-refractivity contribution < 1.29 is 14.3 Å². The molecule has 0 N–H and O–H groups in total. The second kappa shape index (κ2) is 7.39. The molecule has 7 rings (SSSR count). The number of fused-ring (bicyclic) bond motifs is 1. The van der Waals surface area contributed by atoms with Crippen LogP contribution in [0.25, 0.3) is 0 Å². The third kappa shape index (κ3) is 2.95. The number of hydrogen-bond acceptors (Lipinski definition) is 4. The molecule has 0 saturated heterocycles. The summed E-state index contributed by atoms with van der Waals surface area (Å²) in [5.74, 6) is 5.26. The highest BCUT2D eigenvalue weighted by atomic mass is 16.5. The van der Waals surface area contributed by atoms with E-state index in [1.165, 1.54) is 31.2 Å². The maximum Gasteiger partial charge on any atom is 0.247 e. The van der Waals surface area contributed by atoms with Crippen molar-refractivity contribution in [2.75, 3.05) is 14.2 Å². The molecular weight excluding hydrogens is 388 g/mol. The van der Waals surface area contributed by atoms with Crippen LogP contribution in [0.1, 0.15) is 50.0 Å². The number of carbonyl (C=O) groups excluding carboxylic acids is 1. The van der Waals surface area contributed by atoms with Gasteiger partial charge in [-0.15, -0.1) is 0 Å². The maximum atomic E-state index is 13.6. The molecule has 1 heterocycles. The van der Waals surface area contributed by atoms with Gasteiger partial charge in [0.15, 0.2) is 11.5 Å². The van der Waals surface area contributed by atoms with Crippen LogP contribution in [-0.4, -0.2) is 37.4 Å². The molecule has 164 valence electrons. The highest BCUT2D eigenvalue weighted by Crippen LogP contribution is 2.61. The Morgan fingerprint density at radius 2 is 1.77 bits per heavy atom. The van der Waals surface area contributed by atoms with E-state index in [1.807, 2.05) is 11.1 Å². The summed E-state index contributed by atoms with van der Waals surface area (Å²) in [5, 5.41) is 6.76. The number of hydrogen-bond donors (Lipinski definition) is 0. The molecule has 4 saturated carbocycles. The number of ether oxygens (including phenoxy) is 2. The molecule has 1 aliphatic heterocycles. The van der Waals surface area contributed by atoms with Crippen molar-refractivity contribution >= 4 is 12.1 Å². The molecule has 0 aromatic heterocycles. The van der Waals surface area contributed by atoms with E-state index in [1.54, 1.807) is 14.2 Å². The van der Waals surface area contributed by atoms with E-state index in [-0.39, 0.29) is 23.8 Å². The minimum atomic E-state index is 0.0826. The fourth-order valence-electron chi connectivity index (χ4n) is 7.73. The predicted molar refractivity (Wildman–Crippen MR) is 119 cm³/mol. The van der Waals surface area contributed by atoms with E-state index >= 15 is 0 Å². The van der Waals surface area contributed by atoms with Gasteiger partial charge >= 0.3 is 0 Å². The van der Waals surface area contributed by atoms with Crippen molar-refractivity contribution in [1.82, 2.24) is 5.01 Å². The Balaban J connectivity index is 1.35. The molecule has 4 bridgehead atoms. The van der Waals surface area contributed by atoms with Gasteiger partial charge in [0.1, 0.15) is 0 Å². The lowest BCUT2D eigenvalue weighted by molar-refractivity contribution is -0.152. The van der Waals surface area contributed by atoms with Crippen LogP contribution in [0.3, 0.4) is 0 Å². The third-order valence-electron chi connectivity index (χ3n) is 8.86. The Labute approximate surface area is 184 Å². The molecule has 5 aliphatic carbocycles. The van der Waals surface area contributed by atoms with Gasteiger partial charge in [0.05, 0.1) is 26.2 Å². The number of rotatable bonds is 4. The van der Waals surface area contributed by atoms with Crippen molar-refractivity contribution in [2.45, 2.75) is 50.5 Å². The van der Waals surface area contributed by atoms with Crippen molar-refractivity contribution in [3.05, 3.63) is 35.9 Å². The molecule has 6 aliphatic rings. The standard InChI is InChI=1S/C26H32N2O3/c1-30-22-8-7-16(13-23(22)31-2)24-18-9-15-10-19(12-18)25(21(24)11-15)28-26(29)20-6-4-3-5-17(20)14-27-28/h3-4,7-8,13-15,17-21,24-25H,5-6,9-12H2,1-2H3/t15?,17-,18?,19?,20-,21?,24?,25?/m0/s1. The van der Waals surface area contributed by atoms with E-state index in [9.17, 15) is 4.79 Å². The van der Waals surface area contributed by atoms with Gasteiger partial charge in [0.25, 0.3) is 0 Å². The highest BCUT2D eigenvalue weighted by molar-refractivity contribution is 5.87. The molecule has 4 fully saturated rings. The fraction of sp³-hybridized carbons (Fsp3) is 0.615. The predicted octanol–water partition coefficient (Wildman–Crippen LogP) is 4.63. The first-order valence-electron chi connectivity index (χ1n) is 11.9. The largest absolute Gasteiger partial charge is 0.493 e. The van der Waals surface area contributed by atoms with E-state index in [0.717, 1.165) is 30.3 Å². The molecule has 31 heavy (non-hydrogen) atoms. The van der Waals surface area contributed by atoms with E-state index in [2.05, 4.69) is 30.5 Å². The topological polar surface area (TPSA) is 51.1 Å². The van der Waals surface area contributed by atoms with Gasteiger partial charge in [0.2, 0.25) is 5.91 Å². The number of nitrogens with zero attached hydrogens (tertiary/aromatic N) is 2. The van der Waals surface area contributed by atoms with Crippen LogP contribution in [0.4, 0.5) is 0 Å². The summed E-state index contributed by atoms with van der Waals surface area (Å²) < 4.78 is 11.1. The molecule has 0 spiro atoms. The van der Waals surface area contributed by atoms with Crippen molar-refractivity contribution in [1.29, 1.82) is 0 Å². The Kier molecular flexibility index (Phi) is 4.62. The first-order chi connectivity index (χ1) is 15.2. The molecule has 1 aromatic carbocycles. The van der Waals surface area contributed by atoms with E-state index in [4.69, 9.17) is 14.6 Å². The summed E-state index contributed by atoms with van der Waals surface area (Å²) in [6, 6.07) is 6.67. The van der Waals surface area contributed by atoms with Crippen LogP contribution >= 0.6 is 0 Å². The van der Waals surface area contributed by atoms with Crippen LogP contribution in [0.5, 0.6) is 11.5 Å². The molecule has 5 nitrogen and oxygen atoms in total. The van der Waals surface area contributed by atoms with Crippen molar-refractivity contribution in [3.63, 3.8) is 0 Å². The average Bonchev–Trinajstić information content (AvgIpc) is 2.80. The SMILES string of the molecule is COc1ccc(C2C3CC4CC(C3)C(N3N=C[C@@H]5CC=CC[C@@H]5C3=O)C2C4)cc1OC.